The summed E-state index contributed by atoms with van der Waals surface area (Å²) in [6, 6.07) is 0. The van der Waals surface area contributed by atoms with Gasteiger partial charge in [-0.05, 0) is 31.2 Å². The van der Waals surface area contributed by atoms with E-state index in [1.54, 1.807) is 7.11 Å². The molecule has 16 heavy (non-hydrogen) atoms. The molecule has 0 bridgehead atoms. The van der Waals surface area contributed by atoms with Crippen molar-refractivity contribution in [2.75, 3.05) is 26.8 Å². The minimum Gasteiger partial charge on any atom is -0.385 e. The SMILES string of the molecule is COCCCNC(=O)CC(CN)CC(C)C. The second-order valence-corrected chi connectivity index (χ2v) is 4.63. The second kappa shape index (κ2) is 9.60. The van der Waals surface area contributed by atoms with E-state index < -0.39 is 0 Å². The highest BCUT2D eigenvalue weighted by atomic mass is 16.5. The van der Waals surface area contributed by atoms with Crippen molar-refractivity contribution in [2.45, 2.75) is 33.1 Å². The summed E-state index contributed by atoms with van der Waals surface area (Å²) in [7, 11) is 1.66. The van der Waals surface area contributed by atoms with Crippen LogP contribution in [0.1, 0.15) is 33.1 Å². The largest absolute Gasteiger partial charge is 0.385 e. The minimum absolute atomic E-state index is 0.104. The first-order chi connectivity index (χ1) is 7.60. The van der Waals surface area contributed by atoms with Crippen molar-refractivity contribution in [3.05, 3.63) is 0 Å². The first-order valence-electron chi connectivity index (χ1n) is 6.05. The Morgan fingerprint density at radius 1 is 1.44 bits per heavy atom. The van der Waals surface area contributed by atoms with Crippen LogP contribution in [0.5, 0.6) is 0 Å². The molecule has 4 nitrogen and oxygen atoms in total. The van der Waals surface area contributed by atoms with Gasteiger partial charge in [0.2, 0.25) is 5.91 Å². The maximum absolute atomic E-state index is 11.5. The number of carbonyl (C=O) groups is 1. The third-order valence-corrected chi connectivity index (χ3v) is 2.46. The molecule has 0 aliphatic heterocycles. The molecule has 0 spiro atoms. The molecule has 0 radical (unpaired) electrons. The molecule has 1 atom stereocenters. The van der Waals surface area contributed by atoms with Gasteiger partial charge in [-0.15, -0.1) is 0 Å². The van der Waals surface area contributed by atoms with Crippen molar-refractivity contribution in [1.29, 1.82) is 0 Å². The van der Waals surface area contributed by atoms with Gasteiger partial charge >= 0.3 is 0 Å². The zero-order chi connectivity index (χ0) is 12.4. The molecular weight excluding hydrogens is 204 g/mol. The molecule has 3 N–H and O–H groups in total. The predicted octanol–water partition coefficient (Wildman–Crippen LogP) is 1.15. The van der Waals surface area contributed by atoms with E-state index in [2.05, 4.69) is 19.2 Å². The molecule has 0 saturated carbocycles. The lowest BCUT2D eigenvalue weighted by Gasteiger charge is -2.16. The molecule has 0 aromatic heterocycles. The number of nitrogens with two attached hydrogens (primary N) is 1. The van der Waals surface area contributed by atoms with Crippen molar-refractivity contribution < 1.29 is 9.53 Å². The topological polar surface area (TPSA) is 64.3 Å². The maximum Gasteiger partial charge on any atom is 0.220 e. The summed E-state index contributed by atoms with van der Waals surface area (Å²) < 4.78 is 4.91. The monoisotopic (exact) mass is 230 g/mol. The zero-order valence-electron chi connectivity index (χ0n) is 10.8. The van der Waals surface area contributed by atoms with E-state index in [1.165, 1.54) is 0 Å². The average molecular weight is 230 g/mol. The Balaban J connectivity index is 3.66. The number of hydrogen-bond acceptors (Lipinski definition) is 3. The highest BCUT2D eigenvalue weighted by Gasteiger charge is 2.13. The van der Waals surface area contributed by atoms with Crippen LogP contribution in [0.2, 0.25) is 0 Å². The van der Waals surface area contributed by atoms with Gasteiger partial charge in [-0.1, -0.05) is 13.8 Å². The molecule has 4 heteroatoms. The first-order valence-corrected chi connectivity index (χ1v) is 6.05. The molecule has 0 fully saturated rings. The Hall–Kier alpha value is -0.610. The van der Waals surface area contributed by atoms with E-state index in [0.29, 0.717) is 38.0 Å². The van der Waals surface area contributed by atoms with Gasteiger partial charge < -0.3 is 15.8 Å². The molecule has 0 saturated heterocycles. The summed E-state index contributed by atoms with van der Waals surface area (Å²) in [5.74, 6) is 1.00. The third-order valence-electron chi connectivity index (χ3n) is 2.46. The number of rotatable bonds is 9. The number of methoxy groups -OCH3 is 1. The lowest BCUT2D eigenvalue weighted by molar-refractivity contribution is -0.122. The van der Waals surface area contributed by atoms with E-state index in [0.717, 1.165) is 12.8 Å². The Labute approximate surface area is 98.9 Å². The summed E-state index contributed by atoms with van der Waals surface area (Å²) in [5.41, 5.74) is 5.65. The highest BCUT2D eigenvalue weighted by Crippen LogP contribution is 2.13. The number of carbonyl (C=O) groups excluding carboxylic acids is 1. The van der Waals surface area contributed by atoms with Gasteiger partial charge in [0.05, 0.1) is 0 Å². The molecule has 0 heterocycles. The summed E-state index contributed by atoms with van der Waals surface area (Å²) in [6.07, 6.45) is 2.42. The van der Waals surface area contributed by atoms with Gasteiger partial charge in [-0.3, -0.25) is 4.79 Å². The Bertz CT molecular complexity index is 184. The van der Waals surface area contributed by atoms with E-state index >= 15 is 0 Å². The molecule has 1 amide bonds. The standard InChI is InChI=1S/C12H26N2O2/c1-10(2)7-11(9-13)8-12(15)14-5-4-6-16-3/h10-11H,4-9,13H2,1-3H3,(H,14,15). The van der Waals surface area contributed by atoms with Gasteiger partial charge in [-0.25, -0.2) is 0 Å². The van der Waals surface area contributed by atoms with Crippen LogP contribution in [0.3, 0.4) is 0 Å². The van der Waals surface area contributed by atoms with Gasteiger partial charge in [0.15, 0.2) is 0 Å². The van der Waals surface area contributed by atoms with Crippen LogP contribution in [-0.4, -0.2) is 32.7 Å². The highest BCUT2D eigenvalue weighted by molar-refractivity contribution is 5.76. The molecule has 0 rings (SSSR count). The van der Waals surface area contributed by atoms with Crippen molar-refractivity contribution in [2.24, 2.45) is 17.6 Å². The van der Waals surface area contributed by atoms with E-state index in [-0.39, 0.29) is 5.91 Å². The van der Waals surface area contributed by atoms with Crippen LogP contribution >= 0.6 is 0 Å². The average Bonchev–Trinajstić information content (AvgIpc) is 2.23. The zero-order valence-corrected chi connectivity index (χ0v) is 10.8. The van der Waals surface area contributed by atoms with Crippen LogP contribution < -0.4 is 11.1 Å². The van der Waals surface area contributed by atoms with Crippen molar-refractivity contribution in [1.82, 2.24) is 5.32 Å². The van der Waals surface area contributed by atoms with Crippen LogP contribution in [-0.2, 0) is 9.53 Å². The second-order valence-electron chi connectivity index (χ2n) is 4.63. The van der Waals surface area contributed by atoms with E-state index in [4.69, 9.17) is 10.5 Å². The van der Waals surface area contributed by atoms with Crippen molar-refractivity contribution in [3.8, 4) is 0 Å². The normalized spacial score (nSPS) is 12.8. The number of amides is 1. The lowest BCUT2D eigenvalue weighted by atomic mass is 9.94. The molecule has 0 aliphatic rings. The molecular formula is C12H26N2O2. The smallest absolute Gasteiger partial charge is 0.220 e. The molecule has 0 aromatic carbocycles. The fourth-order valence-corrected chi connectivity index (χ4v) is 1.71. The fourth-order valence-electron chi connectivity index (χ4n) is 1.71. The van der Waals surface area contributed by atoms with E-state index in [1.807, 2.05) is 0 Å². The third kappa shape index (κ3) is 8.68. The van der Waals surface area contributed by atoms with Crippen LogP contribution in [0.4, 0.5) is 0 Å². The number of ether oxygens (including phenoxy) is 1. The Morgan fingerprint density at radius 3 is 2.62 bits per heavy atom. The molecule has 0 aromatic rings. The van der Waals surface area contributed by atoms with Crippen LogP contribution in [0, 0.1) is 11.8 Å². The number of nitrogens with one attached hydrogen (secondary N) is 1. The van der Waals surface area contributed by atoms with Gasteiger partial charge in [0.1, 0.15) is 0 Å². The molecule has 0 aliphatic carbocycles. The minimum atomic E-state index is 0.104. The first kappa shape index (κ1) is 15.4. The van der Waals surface area contributed by atoms with Crippen molar-refractivity contribution in [3.63, 3.8) is 0 Å². The Kier molecular flexibility index (Phi) is 9.24. The predicted molar refractivity (Wildman–Crippen MR) is 66.1 cm³/mol. The maximum atomic E-state index is 11.5. The molecule has 1 unspecified atom stereocenters. The van der Waals surface area contributed by atoms with Crippen LogP contribution in [0.25, 0.3) is 0 Å². The van der Waals surface area contributed by atoms with Crippen LogP contribution in [0.15, 0.2) is 0 Å². The quantitative estimate of drug-likeness (QED) is 0.584. The van der Waals surface area contributed by atoms with Gasteiger partial charge in [-0.2, -0.15) is 0 Å². The summed E-state index contributed by atoms with van der Waals surface area (Å²) in [6.45, 7) is 6.26. The van der Waals surface area contributed by atoms with Crippen molar-refractivity contribution >= 4 is 5.91 Å². The summed E-state index contributed by atoms with van der Waals surface area (Å²) in [4.78, 5) is 11.5. The summed E-state index contributed by atoms with van der Waals surface area (Å²) in [5, 5.41) is 2.88. The lowest BCUT2D eigenvalue weighted by Crippen LogP contribution is -2.29. The fraction of sp³-hybridized carbons (Fsp3) is 0.917. The van der Waals surface area contributed by atoms with Gasteiger partial charge in [0.25, 0.3) is 0 Å². The Morgan fingerprint density at radius 2 is 2.12 bits per heavy atom. The van der Waals surface area contributed by atoms with E-state index in [9.17, 15) is 4.79 Å². The summed E-state index contributed by atoms with van der Waals surface area (Å²) >= 11 is 0. The molecule has 96 valence electrons. The number of hydrogen-bond donors (Lipinski definition) is 2. The van der Waals surface area contributed by atoms with Gasteiger partial charge in [0, 0.05) is 26.7 Å².